The number of ether oxygens (including phenoxy) is 1. The van der Waals surface area contributed by atoms with Crippen LogP contribution in [0.15, 0.2) is 36.5 Å². The molecule has 1 N–H and O–H groups in total. The number of methoxy groups -OCH3 is 1. The maximum absolute atomic E-state index is 13.1. The van der Waals surface area contributed by atoms with Crippen molar-refractivity contribution in [1.82, 2.24) is 4.98 Å². The molecule has 94 valence electrons. The van der Waals surface area contributed by atoms with Crippen LogP contribution < -0.4 is 4.74 Å². The van der Waals surface area contributed by atoms with Crippen LogP contribution in [0.25, 0.3) is 0 Å². The number of benzene rings is 1. The minimum atomic E-state index is -1.01. The van der Waals surface area contributed by atoms with E-state index in [2.05, 4.69) is 4.98 Å². The van der Waals surface area contributed by atoms with Crippen LogP contribution in [0.4, 0.5) is 4.39 Å². The van der Waals surface area contributed by atoms with Gasteiger partial charge in [-0.15, -0.1) is 0 Å². The summed E-state index contributed by atoms with van der Waals surface area (Å²) in [6.45, 7) is 0. The van der Waals surface area contributed by atoms with Crippen molar-refractivity contribution in [2.75, 3.05) is 7.11 Å². The third-order valence-electron chi connectivity index (χ3n) is 2.54. The van der Waals surface area contributed by atoms with Crippen LogP contribution in [0.1, 0.15) is 17.4 Å². The molecule has 0 aliphatic heterocycles. The van der Waals surface area contributed by atoms with Crippen molar-refractivity contribution in [2.24, 2.45) is 0 Å². The SMILES string of the molecule is COc1cccnc1C(O)c1ccc(F)c(Cl)c1. The fourth-order valence-corrected chi connectivity index (χ4v) is 1.81. The Hall–Kier alpha value is -1.65. The van der Waals surface area contributed by atoms with Crippen LogP contribution in [0, 0.1) is 5.82 Å². The van der Waals surface area contributed by atoms with Gasteiger partial charge in [0.2, 0.25) is 0 Å². The van der Waals surface area contributed by atoms with Crippen LogP contribution >= 0.6 is 11.6 Å². The molecule has 5 heteroatoms. The quantitative estimate of drug-likeness (QED) is 0.930. The van der Waals surface area contributed by atoms with Crippen LogP contribution in [0.3, 0.4) is 0 Å². The average Bonchev–Trinajstić information content (AvgIpc) is 2.41. The summed E-state index contributed by atoms with van der Waals surface area (Å²) in [5.74, 6) is -0.0638. The zero-order chi connectivity index (χ0) is 13.1. The number of pyridine rings is 1. The smallest absolute Gasteiger partial charge is 0.143 e. The van der Waals surface area contributed by atoms with Crippen molar-refractivity contribution in [3.8, 4) is 5.75 Å². The van der Waals surface area contributed by atoms with Gasteiger partial charge in [0.05, 0.1) is 12.1 Å². The van der Waals surface area contributed by atoms with E-state index in [9.17, 15) is 9.50 Å². The Morgan fingerprint density at radius 2 is 2.17 bits per heavy atom. The minimum absolute atomic E-state index is 0.0403. The maximum atomic E-state index is 13.1. The van der Waals surface area contributed by atoms with Crippen molar-refractivity contribution in [3.63, 3.8) is 0 Å². The molecule has 0 aliphatic carbocycles. The Bertz CT molecular complexity index is 562. The standard InChI is InChI=1S/C13H11ClFNO2/c1-18-11-3-2-6-16-12(11)13(17)8-4-5-10(15)9(14)7-8/h2-7,13,17H,1H3. The van der Waals surface area contributed by atoms with E-state index in [0.29, 0.717) is 17.0 Å². The first-order valence-corrected chi connectivity index (χ1v) is 5.63. The number of halogens is 2. The first kappa shape index (κ1) is 12.8. The number of aliphatic hydroxyl groups is 1. The molecule has 1 heterocycles. The lowest BCUT2D eigenvalue weighted by molar-refractivity contribution is 0.209. The highest BCUT2D eigenvalue weighted by Gasteiger charge is 2.17. The van der Waals surface area contributed by atoms with E-state index >= 15 is 0 Å². The minimum Gasteiger partial charge on any atom is -0.495 e. The van der Waals surface area contributed by atoms with Crippen LogP contribution in [0.5, 0.6) is 5.75 Å². The summed E-state index contributed by atoms with van der Waals surface area (Å²) >= 11 is 5.68. The molecular weight excluding hydrogens is 257 g/mol. The van der Waals surface area contributed by atoms with E-state index in [1.807, 2.05) is 0 Å². The second kappa shape index (κ2) is 5.33. The Balaban J connectivity index is 2.41. The molecule has 0 bridgehead atoms. The third-order valence-corrected chi connectivity index (χ3v) is 2.83. The van der Waals surface area contributed by atoms with Crippen LogP contribution in [-0.4, -0.2) is 17.2 Å². The summed E-state index contributed by atoms with van der Waals surface area (Å²) < 4.78 is 18.2. The molecule has 1 unspecified atom stereocenters. The largest absolute Gasteiger partial charge is 0.495 e. The molecule has 3 nitrogen and oxygen atoms in total. The number of aliphatic hydroxyl groups excluding tert-OH is 1. The van der Waals surface area contributed by atoms with Gasteiger partial charge in [-0.25, -0.2) is 4.39 Å². The second-order valence-electron chi connectivity index (χ2n) is 3.67. The molecule has 0 radical (unpaired) electrons. The second-order valence-corrected chi connectivity index (χ2v) is 4.07. The van der Waals surface area contributed by atoms with Gasteiger partial charge in [0, 0.05) is 6.20 Å². The summed E-state index contributed by atoms with van der Waals surface area (Å²) in [6.07, 6.45) is 0.533. The van der Waals surface area contributed by atoms with Gasteiger partial charge in [-0.3, -0.25) is 4.98 Å². The zero-order valence-electron chi connectivity index (χ0n) is 9.60. The van der Waals surface area contributed by atoms with Gasteiger partial charge in [0.15, 0.2) is 0 Å². The summed E-state index contributed by atoms with van der Waals surface area (Å²) in [5, 5.41) is 10.2. The summed E-state index contributed by atoms with van der Waals surface area (Å²) in [7, 11) is 1.49. The molecule has 0 amide bonds. The van der Waals surface area contributed by atoms with Gasteiger partial charge in [0.25, 0.3) is 0 Å². The van der Waals surface area contributed by atoms with Crippen molar-refractivity contribution in [3.05, 3.63) is 58.6 Å². The first-order chi connectivity index (χ1) is 8.63. The van der Waals surface area contributed by atoms with E-state index in [4.69, 9.17) is 16.3 Å². The molecular formula is C13H11ClFNO2. The number of aromatic nitrogens is 1. The molecule has 1 atom stereocenters. The Labute approximate surface area is 109 Å². The van der Waals surface area contributed by atoms with Crippen molar-refractivity contribution >= 4 is 11.6 Å². The molecule has 0 saturated heterocycles. The van der Waals surface area contributed by atoms with Gasteiger partial charge >= 0.3 is 0 Å². The number of hydrogen-bond acceptors (Lipinski definition) is 3. The molecule has 18 heavy (non-hydrogen) atoms. The molecule has 0 fully saturated rings. The predicted molar refractivity (Wildman–Crippen MR) is 66.3 cm³/mol. The van der Waals surface area contributed by atoms with Crippen molar-refractivity contribution in [2.45, 2.75) is 6.10 Å². The Morgan fingerprint density at radius 3 is 2.83 bits per heavy atom. The van der Waals surface area contributed by atoms with E-state index in [0.717, 1.165) is 0 Å². The van der Waals surface area contributed by atoms with E-state index in [1.54, 1.807) is 18.3 Å². The lowest BCUT2D eigenvalue weighted by atomic mass is 10.1. The van der Waals surface area contributed by atoms with Gasteiger partial charge in [-0.2, -0.15) is 0 Å². The van der Waals surface area contributed by atoms with E-state index in [1.165, 1.54) is 25.3 Å². The highest BCUT2D eigenvalue weighted by Crippen LogP contribution is 2.29. The molecule has 0 aliphatic rings. The third kappa shape index (κ3) is 2.44. The van der Waals surface area contributed by atoms with Gasteiger partial charge in [-0.05, 0) is 29.8 Å². The Kier molecular flexibility index (Phi) is 3.79. The van der Waals surface area contributed by atoms with Gasteiger partial charge in [0.1, 0.15) is 23.4 Å². The highest BCUT2D eigenvalue weighted by molar-refractivity contribution is 6.30. The predicted octanol–water partition coefficient (Wildman–Crippen LogP) is 2.96. The van der Waals surface area contributed by atoms with E-state index < -0.39 is 11.9 Å². The first-order valence-electron chi connectivity index (χ1n) is 5.25. The number of rotatable bonds is 3. The maximum Gasteiger partial charge on any atom is 0.143 e. The molecule has 1 aromatic heterocycles. The topological polar surface area (TPSA) is 42.4 Å². The number of hydrogen-bond donors (Lipinski definition) is 1. The highest BCUT2D eigenvalue weighted by atomic mass is 35.5. The van der Waals surface area contributed by atoms with Crippen molar-refractivity contribution in [1.29, 1.82) is 0 Å². The molecule has 0 spiro atoms. The molecule has 0 saturated carbocycles. The van der Waals surface area contributed by atoms with Crippen LogP contribution in [-0.2, 0) is 0 Å². The van der Waals surface area contributed by atoms with E-state index in [-0.39, 0.29) is 5.02 Å². The normalized spacial score (nSPS) is 12.2. The average molecular weight is 268 g/mol. The number of nitrogens with zero attached hydrogens (tertiary/aromatic N) is 1. The summed E-state index contributed by atoms with van der Waals surface area (Å²) in [5.41, 5.74) is 0.820. The summed E-state index contributed by atoms with van der Waals surface area (Å²) in [6, 6.07) is 7.43. The summed E-state index contributed by atoms with van der Waals surface area (Å²) in [4.78, 5) is 4.07. The fraction of sp³-hybridized carbons (Fsp3) is 0.154. The lowest BCUT2D eigenvalue weighted by Gasteiger charge is -2.14. The zero-order valence-corrected chi connectivity index (χ0v) is 10.4. The Morgan fingerprint density at radius 1 is 1.39 bits per heavy atom. The van der Waals surface area contributed by atoms with Crippen LogP contribution in [0.2, 0.25) is 5.02 Å². The van der Waals surface area contributed by atoms with Crippen molar-refractivity contribution < 1.29 is 14.2 Å². The fourth-order valence-electron chi connectivity index (χ4n) is 1.62. The van der Waals surface area contributed by atoms with Gasteiger partial charge in [-0.1, -0.05) is 17.7 Å². The monoisotopic (exact) mass is 267 g/mol. The lowest BCUT2D eigenvalue weighted by Crippen LogP contribution is -2.05. The molecule has 2 aromatic rings. The molecule has 2 rings (SSSR count). The van der Waals surface area contributed by atoms with Gasteiger partial charge < -0.3 is 9.84 Å². The molecule has 1 aromatic carbocycles.